The third kappa shape index (κ3) is 6.98. The van der Waals surface area contributed by atoms with Crippen LogP contribution in [0.15, 0.2) is 46.6 Å². The fraction of sp³-hybridized carbons (Fsp3) is 0.644. The number of allylic oxidation sites excluding steroid dienone is 2. The van der Waals surface area contributed by atoms with Crippen molar-refractivity contribution in [1.29, 1.82) is 0 Å². The molecule has 2 unspecified atom stereocenters. The normalized spacial score (nSPS) is 37.2. The maximum atomic E-state index is 13.0. The summed E-state index contributed by atoms with van der Waals surface area (Å²) in [5.74, 6) is 2.52. The van der Waals surface area contributed by atoms with E-state index < -0.39 is 39.8 Å². The number of fused-ring (bicyclic) bond motifs is 2. The summed E-state index contributed by atoms with van der Waals surface area (Å²) in [4.78, 5) is 51.2. The molecule has 10 atom stereocenters. The molecule has 2 saturated heterocycles. The first kappa shape index (κ1) is 45.0. The summed E-state index contributed by atoms with van der Waals surface area (Å²) in [5, 5.41) is 0. The van der Waals surface area contributed by atoms with Crippen molar-refractivity contribution in [1.82, 2.24) is 0 Å². The minimum Gasteiger partial charge on any atom is -0.469 e. The number of hydrogen-bond donors (Lipinski definition) is 0. The Kier molecular flexibility index (Phi) is 13.4. The molecule has 4 heterocycles. The quantitative estimate of drug-likeness (QED) is 0.0856. The van der Waals surface area contributed by atoms with E-state index in [-0.39, 0.29) is 52.4 Å². The largest absolute Gasteiger partial charge is 0.469 e. The zero-order valence-corrected chi connectivity index (χ0v) is 37.0. The topological polar surface area (TPSA) is 124 Å². The molecule has 10 nitrogen and oxygen atoms in total. The lowest BCUT2D eigenvalue weighted by Gasteiger charge is -2.64. The third-order valence-electron chi connectivity index (χ3n) is 13.6. The minimum absolute atomic E-state index is 0.0410. The molecule has 8 aliphatic rings. The van der Waals surface area contributed by atoms with E-state index in [0.717, 1.165) is 29.3 Å². The minimum atomic E-state index is -1.16. The first-order chi connectivity index (χ1) is 26.2. The molecule has 8 rings (SSSR count). The zero-order valence-electron chi connectivity index (χ0n) is 34.9. The van der Waals surface area contributed by atoms with E-state index in [0.29, 0.717) is 18.8 Å². The van der Waals surface area contributed by atoms with E-state index in [1.165, 1.54) is 14.2 Å². The van der Waals surface area contributed by atoms with Crippen LogP contribution in [0.25, 0.3) is 0 Å². The van der Waals surface area contributed by atoms with Crippen LogP contribution in [0.4, 0.5) is 0 Å². The van der Waals surface area contributed by atoms with Gasteiger partial charge in [-0.1, -0.05) is 71.8 Å². The van der Waals surface area contributed by atoms with Gasteiger partial charge in [0.15, 0.2) is 11.2 Å². The number of hydrogen-bond acceptors (Lipinski definition) is 10. The molecular formula is C45H59IO10. The predicted octanol–water partition coefficient (Wildman–Crippen LogP) is 7.91. The van der Waals surface area contributed by atoms with Gasteiger partial charge in [-0.05, 0) is 78.9 Å². The molecule has 0 amide bonds. The average Bonchev–Trinajstić information content (AvgIpc) is 3.15. The maximum Gasteiger partial charge on any atom is 0.314 e. The van der Waals surface area contributed by atoms with Gasteiger partial charge in [0.05, 0.1) is 39.3 Å². The highest BCUT2D eigenvalue weighted by Gasteiger charge is 2.73. The molecule has 306 valence electrons. The van der Waals surface area contributed by atoms with Crippen molar-refractivity contribution in [2.24, 2.45) is 57.2 Å². The molecule has 0 aromatic heterocycles. The molecule has 4 aliphatic carbocycles. The molecule has 0 aromatic rings. The van der Waals surface area contributed by atoms with Crippen LogP contribution in [0.2, 0.25) is 0 Å². The zero-order chi connectivity index (χ0) is 42.1. The Bertz CT molecular complexity index is 1800. The lowest BCUT2D eigenvalue weighted by atomic mass is 9.44. The lowest BCUT2D eigenvalue weighted by Crippen LogP contribution is -2.70. The number of methoxy groups -OCH3 is 2. The Hall–Kier alpha value is -3.71. The highest BCUT2D eigenvalue weighted by Crippen LogP contribution is 2.68. The van der Waals surface area contributed by atoms with Gasteiger partial charge in [0, 0.05) is 38.7 Å². The van der Waals surface area contributed by atoms with Crippen LogP contribution in [0.5, 0.6) is 0 Å². The smallest absolute Gasteiger partial charge is 0.314 e. The summed E-state index contributed by atoms with van der Waals surface area (Å²) in [5.41, 5.74) is -3.06. The van der Waals surface area contributed by atoms with E-state index >= 15 is 0 Å². The molecule has 4 bridgehead atoms. The van der Waals surface area contributed by atoms with Crippen LogP contribution >= 0.6 is 22.6 Å². The van der Waals surface area contributed by atoms with E-state index in [9.17, 15) is 19.2 Å². The van der Waals surface area contributed by atoms with Crippen LogP contribution < -0.4 is 0 Å². The van der Waals surface area contributed by atoms with Crippen molar-refractivity contribution in [3.63, 3.8) is 0 Å². The number of carbonyl (C=O) groups is 4. The molecule has 2 saturated carbocycles. The maximum absolute atomic E-state index is 13.0. The van der Waals surface area contributed by atoms with Crippen LogP contribution in [0, 0.1) is 81.2 Å². The van der Waals surface area contributed by atoms with Crippen molar-refractivity contribution < 1.29 is 47.6 Å². The van der Waals surface area contributed by atoms with E-state index in [2.05, 4.69) is 92.2 Å². The van der Waals surface area contributed by atoms with Gasteiger partial charge >= 0.3 is 23.9 Å². The van der Waals surface area contributed by atoms with E-state index in [4.69, 9.17) is 23.7 Å². The first-order valence-corrected chi connectivity index (χ1v) is 20.5. The second-order valence-corrected chi connectivity index (χ2v) is 18.2. The van der Waals surface area contributed by atoms with E-state index in [1.54, 1.807) is 13.0 Å². The molecule has 0 radical (unpaired) electrons. The Morgan fingerprint density at radius 1 is 0.786 bits per heavy atom. The van der Waals surface area contributed by atoms with Crippen molar-refractivity contribution >= 4 is 46.5 Å². The van der Waals surface area contributed by atoms with Gasteiger partial charge in [0.1, 0.15) is 24.0 Å². The standard InChI is InChI=1S/C22H28O5.C18H23IO4.C5H8O/c1-7-21(5)11-9-16-20(3,4)15-13-14(10-12-26-8-2)22(16,27-18(15)23)17(21)19(24)25-6;1-6-17(4)8-7-11-16(2,3)10-9-12(19)18(11,23-14(10)20)13(17)15(21)22-5;1-3-5-6-4-2/h7,13,15-17H,1,8-9,11H2,2-6H3;6,9-11,13H,1,7-8H2,2-5H3;4H2,1-2H3/t15-,16+,17+,21?,22-;10-,11+,13+,17?,18+;/m11./s1. The number of carbonyl (C=O) groups excluding carboxylic acids is 4. The summed E-state index contributed by atoms with van der Waals surface area (Å²) in [6, 6.07) is 0. The van der Waals surface area contributed by atoms with Crippen LogP contribution in [0.1, 0.15) is 88.0 Å². The SMILES string of the molecule is C=CC1(C)CC[C@H]2C(C)(C)[C@@H]3C=C(C#COCC)[C@]2(OC3=O)[C@H]1C(=O)OC.C=CC1(C)CC[C@H]2C(C)(C)[C@@H]3C=C(I)[C@]2(OC3=O)[C@H]1C(=O)OC.CC#COCC. The second-order valence-electron chi connectivity index (χ2n) is 17.1. The van der Waals surface area contributed by atoms with Gasteiger partial charge in [-0.15, -0.1) is 13.2 Å². The highest BCUT2D eigenvalue weighted by molar-refractivity contribution is 14.1. The monoisotopic (exact) mass is 886 g/mol. The Labute approximate surface area is 347 Å². The molecule has 11 heteroatoms. The number of esters is 4. The number of ether oxygens (including phenoxy) is 6. The summed E-state index contributed by atoms with van der Waals surface area (Å²) >= 11 is 2.24. The lowest BCUT2D eigenvalue weighted by molar-refractivity contribution is -0.234. The Morgan fingerprint density at radius 3 is 1.64 bits per heavy atom. The van der Waals surface area contributed by atoms with E-state index in [1.807, 2.05) is 45.9 Å². The molecule has 0 N–H and O–H groups in total. The summed E-state index contributed by atoms with van der Waals surface area (Å²) in [6.07, 6.45) is 15.9. The van der Waals surface area contributed by atoms with Gasteiger partial charge in [0.2, 0.25) is 0 Å². The van der Waals surface area contributed by atoms with Gasteiger partial charge in [-0.2, -0.15) is 0 Å². The van der Waals surface area contributed by atoms with Crippen molar-refractivity contribution in [3.8, 4) is 24.1 Å². The fourth-order valence-corrected chi connectivity index (χ4v) is 11.7. The number of halogens is 1. The number of rotatable bonds is 6. The summed E-state index contributed by atoms with van der Waals surface area (Å²) < 4.78 is 33.2. The van der Waals surface area contributed by atoms with Gasteiger partial charge < -0.3 is 28.4 Å². The molecular weight excluding hydrogens is 827 g/mol. The average molecular weight is 887 g/mol. The predicted molar refractivity (Wildman–Crippen MR) is 220 cm³/mol. The van der Waals surface area contributed by atoms with Gasteiger partial charge in [-0.3, -0.25) is 19.2 Å². The first-order valence-electron chi connectivity index (χ1n) is 19.4. The van der Waals surface area contributed by atoms with Crippen molar-refractivity contribution in [2.45, 2.75) is 99.2 Å². The molecule has 0 aromatic carbocycles. The van der Waals surface area contributed by atoms with Crippen LogP contribution in [-0.4, -0.2) is 62.5 Å². The van der Waals surface area contributed by atoms with Gasteiger partial charge in [0.25, 0.3) is 0 Å². The molecule has 56 heavy (non-hydrogen) atoms. The van der Waals surface area contributed by atoms with Crippen molar-refractivity contribution in [3.05, 3.63) is 46.6 Å². The third-order valence-corrected chi connectivity index (χ3v) is 14.8. The molecule has 2 spiro atoms. The fourth-order valence-electron chi connectivity index (χ4n) is 10.5. The molecule has 4 fully saturated rings. The van der Waals surface area contributed by atoms with Crippen LogP contribution in [0.3, 0.4) is 0 Å². The Balaban J connectivity index is 0.000000219. The summed E-state index contributed by atoms with van der Waals surface area (Å²) in [6.45, 7) is 26.9. The second kappa shape index (κ2) is 16.6. The summed E-state index contributed by atoms with van der Waals surface area (Å²) in [7, 11) is 2.76. The van der Waals surface area contributed by atoms with Gasteiger partial charge in [-0.25, -0.2) is 0 Å². The highest BCUT2D eigenvalue weighted by atomic mass is 127. The van der Waals surface area contributed by atoms with Crippen molar-refractivity contribution in [2.75, 3.05) is 27.4 Å². The van der Waals surface area contributed by atoms with Crippen LogP contribution in [-0.2, 0) is 47.6 Å². The Morgan fingerprint density at radius 2 is 1.21 bits per heavy atom. The molecule has 4 aliphatic heterocycles.